The van der Waals surface area contributed by atoms with Crippen LogP contribution in [0, 0.1) is 5.92 Å². The number of esters is 1. The number of nitrogens with one attached hydrogen (secondary N) is 1. The van der Waals surface area contributed by atoms with Gasteiger partial charge in [0.15, 0.2) is 0 Å². The van der Waals surface area contributed by atoms with Crippen molar-refractivity contribution in [1.29, 1.82) is 0 Å². The van der Waals surface area contributed by atoms with Gasteiger partial charge in [0, 0.05) is 13.1 Å². The van der Waals surface area contributed by atoms with Gasteiger partial charge in [-0.2, -0.15) is 0 Å². The van der Waals surface area contributed by atoms with Crippen LogP contribution in [-0.2, 0) is 19.6 Å². The summed E-state index contributed by atoms with van der Waals surface area (Å²) < 4.78 is 30.3. The molecule has 0 unspecified atom stereocenters. The van der Waals surface area contributed by atoms with Gasteiger partial charge in [-0.25, -0.2) is 12.7 Å². The van der Waals surface area contributed by atoms with Crippen LogP contribution in [0.25, 0.3) is 0 Å². The first kappa shape index (κ1) is 16.4. The topological polar surface area (TPSA) is 75.7 Å². The number of nitrogens with zero attached hydrogens (tertiary/aromatic N) is 1. The summed E-state index contributed by atoms with van der Waals surface area (Å²) in [6.07, 6.45) is 1.92. The molecule has 0 atom stereocenters. The lowest BCUT2D eigenvalue weighted by Gasteiger charge is -2.28. The second-order valence-electron chi connectivity index (χ2n) is 4.79. The molecule has 112 valence electrons. The molecule has 0 aromatic rings. The van der Waals surface area contributed by atoms with Crippen LogP contribution in [0.2, 0.25) is 0 Å². The highest BCUT2D eigenvalue weighted by Crippen LogP contribution is 2.16. The van der Waals surface area contributed by atoms with Crippen LogP contribution in [0.3, 0.4) is 0 Å². The Morgan fingerprint density at radius 2 is 2.00 bits per heavy atom. The fraction of sp³-hybridized carbons (Fsp3) is 0.917. The Balaban J connectivity index is 2.53. The fourth-order valence-corrected chi connectivity index (χ4v) is 3.75. The van der Waals surface area contributed by atoms with Crippen molar-refractivity contribution in [3.63, 3.8) is 0 Å². The molecule has 1 rings (SSSR count). The molecule has 0 aliphatic carbocycles. The van der Waals surface area contributed by atoms with E-state index < -0.39 is 16.0 Å². The van der Waals surface area contributed by atoms with Crippen LogP contribution >= 0.6 is 0 Å². The van der Waals surface area contributed by atoms with E-state index in [1.165, 1.54) is 11.4 Å². The summed E-state index contributed by atoms with van der Waals surface area (Å²) >= 11 is 0. The molecule has 1 aliphatic heterocycles. The van der Waals surface area contributed by atoms with Crippen LogP contribution in [0.1, 0.15) is 26.2 Å². The maximum absolute atomic E-state index is 12.2. The van der Waals surface area contributed by atoms with Gasteiger partial charge in [0.1, 0.15) is 0 Å². The van der Waals surface area contributed by atoms with Gasteiger partial charge in [-0.15, -0.1) is 0 Å². The van der Waals surface area contributed by atoms with Crippen LogP contribution in [0.4, 0.5) is 0 Å². The number of hydrogen-bond donors (Lipinski definition) is 1. The second-order valence-corrected chi connectivity index (χ2v) is 6.87. The zero-order valence-corrected chi connectivity index (χ0v) is 12.5. The van der Waals surface area contributed by atoms with Gasteiger partial charge in [0.05, 0.1) is 19.3 Å². The lowest BCUT2D eigenvalue weighted by Crippen LogP contribution is -2.40. The van der Waals surface area contributed by atoms with Crippen molar-refractivity contribution in [2.45, 2.75) is 26.2 Å². The van der Waals surface area contributed by atoms with Gasteiger partial charge < -0.3 is 10.1 Å². The quantitative estimate of drug-likeness (QED) is 0.679. The predicted molar refractivity (Wildman–Crippen MR) is 73.3 cm³/mol. The molecule has 0 aromatic heterocycles. The second kappa shape index (κ2) is 7.81. The van der Waals surface area contributed by atoms with Gasteiger partial charge in [0.2, 0.25) is 10.0 Å². The van der Waals surface area contributed by atoms with E-state index in [9.17, 15) is 13.2 Å². The Morgan fingerprint density at radius 1 is 1.37 bits per heavy atom. The third kappa shape index (κ3) is 5.46. The standard InChI is InChI=1S/C12H24N2O4S/c1-3-14(10-11-4-7-13-8-5-11)19(16,17)9-6-12(15)18-2/h11,13H,3-10H2,1-2H3. The van der Waals surface area contributed by atoms with Gasteiger partial charge >= 0.3 is 5.97 Å². The molecule has 0 aromatic carbocycles. The van der Waals surface area contributed by atoms with E-state index in [2.05, 4.69) is 10.1 Å². The number of rotatable bonds is 7. The van der Waals surface area contributed by atoms with Crippen molar-refractivity contribution >= 4 is 16.0 Å². The SMILES string of the molecule is CCN(CC1CCNCC1)S(=O)(=O)CCC(=O)OC. The Kier molecular flexibility index (Phi) is 6.74. The summed E-state index contributed by atoms with van der Waals surface area (Å²) in [5.74, 6) is -0.242. The molecule has 1 heterocycles. The van der Waals surface area contributed by atoms with Crippen LogP contribution in [0.5, 0.6) is 0 Å². The molecule has 1 aliphatic rings. The van der Waals surface area contributed by atoms with Crippen LogP contribution in [-0.4, -0.2) is 57.7 Å². The van der Waals surface area contributed by atoms with Gasteiger partial charge in [-0.05, 0) is 31.8 Å². The predicted octanol–water partition coefficient (Wildman–Crippen LogP) is 0.201. The van der Waals surface area contributed by atoms with Gasteiger partial charge in [-0.3, -0.25) is 4.79 Å². The molecule has 7 heteroatoms. The molecule has 0 bridgehead atoms. The summed E-state index contributed by atoms with van der Waals surface area (Å²) in [6.45, 7) is 4.74. The summed E-state index contributed by atoms with van der Waals surface area (Å²) in [5, 5.41) is 3.26. The van der Waals surface area contributed by atoms with E-state index >= 15 is 0 Å². The van der Waals surface area contributed by atoms with Crippen molar-refractivity contribution in [2.24, 2.45) is 5.92 Å². The van der Waals surface area contributed by atoms with Crippen molar-refractivity contribution in [3.05, 3.63) is 0 Å². The highest BCUT2D eigenvalue weighted by atomic mass is 32.2. The molecule has 1 fully saturated rings. The highest BCUT2D eigenvalue weighted by Gasteiger charge is 2.25. The monoisotopic (exact) mass is 292 g/mol. The van der Waals surface area contributed by atoms with Crippen molar-refractivity contribution in [3.8, 4) is 0 Å². The Bertz CT molecular complexity index is 377. The fourth-order valence-electron chi connectivity index (χ4n) is 2.24. The average Bonchev–Trinajstić information content (AvgIpc) is 2.43. The minimum Gasteiger partial charge on any atom is -0.469 e. The Labute approximate surface area is 115 Å². The molecule has 0 amide bonds. The zero-order chi connectivity index (χ0) is 14.3. The molecule has 1 saturated heterocycles. The maximum atomic E-state index is 12.2. The van der Waals surface area contributed by atoms with Gasteiger partial charge in [-0.1, -0.05) is 6.92 Å². The van der Waals surface area contributed by atoms with Crippen molar-refractivity contribution in [1.82, 2.24) is 9.62 Å². The molecule has 0 saturated carbocycles. The zero-order valence-electron chi connectivity index (χ0n) is 11.7. The lowest BCUT2D eigenvalue weighted by molar-refractivity contribution is -0.140. The van der Waals surface area contributed by atoms with Crippen LogP contribution in [0.15, 0.2) is 0 Å². The molecule has 19 heavy (non-hydrogen) atoms. The molecular weight excluding hydrogens is 268 g/mol. The van der Waals surface area contributed by atoms with E-state index in [-0.39, 0.29) is 12.2 Å². The van der Waals surface area contributed by atoms with E-state index in [1.807, 2.05) is 6.92 Å². The molecule has 0 spiro atoms. The number of piperidine rings is 1. The minimum atomic E-state index is -3.36. The molecular formula is C12H24N2O4S. The summed E-state index contributed by atoms with van der Waals surface area (Å²) in [6, 6.07) is 0. The Morgan fingerprint density at radius 3 is 2.53 bits per heavy atom. The smallest absolute Gasteiger partial charge is 0.306 e. The maximum Gasteiger partial charge on any atom is 0.306 e. The summed E-state index contributed by atoms with van der Waals surface area (Å²) in [7, 11) is -2.10. The first-order chi connectivity index (χ1) is 8.99. The van der Waals surface area contributed by atoms with Crippen LogP contribution < -0.4 is 5.32 Å². The number of ether oxygens (including phenoxy) is 1. The first-order valence-electron chi connectivity index (χ1n) is 6.75. The first-order valence-corrected chi connectivity index (χ1v) is 8.36. The third-order valence-corrected chi connectivity index (χ3v) is 5.37. The largest absolute Gasteiger partial charge is 0.469 e. The van der Waals surface area contributed by atoms with E-state index in [4.69, 9.17) is 0 Å². The van der Waals surface area contributed by atoms with E-state index in [0.717, 1.165) is 25.9 Å². The lowest BCUT2D eigenvalue weighted by atomic mass is 9.98. The number of sulfonamides is 1. The summed E-state index contributed by atoms with van der Waals surface area (Å²) in [4.78, 5) is 11.0. The van der Waals surface area contributed by atoms with Crippen molar-refractivity contribution < 1.29 is 17.9 Å². The van der Waals surface area contributed by atoms with Crippen molar-refractivity contribution in [2.75, 3.05) is 39.0 Å². The molecule has 6 nitrogen and oxygen atoms in total. The Hall–Kier alpha value is -0.660. The summed E-state index contributed by atoms with van der Waals surface area (Å²) in [5.41, 5.74) is 0. The molecule has 0 radical (unpaired) electrons. The molecule has 1 N–H and O–H groups in total. The van der Waals surface area contributed by atoms with E-state index in [0.29, 0.717) is 19.0 Å². The van der Waals surface area contributed by atoms with E-state index in [1.54, 1.807) is 0 Å². The highest BCUT2D eigenvalue weighted by molar-refractivity contribution is 7.89. The third-order valence-electron chi connectivity index (χ3n) is 3.46. The minimum absolute atomic E-state index is 0.0818. The number of carbonyl (C=O) groups is 1. The number of methoxy groups -OCH3 is 1. The van der Waals surface area contributed by atoms with Gasteiger partial charge in [0.25, 0.3) is 0 Å². The average molecular weight is 292 g/mol. The normalized spacial score (nSPS) is 17.6. The number of hydrogen-bond acceptors (Lipinski definition) is 5. The number of carbonyl (C=O) groups excluding carboxylic acids is 1.